The Bertz CT molecular complexity index is 1880. The van der Waals surface area contributed by atoms with E-state index >= 15 is 9.59 Å². The topological polar surface area (TPSA) is 117 Å². The molecule has 3 aliphatic rings. The van der Waals surface area contributed by atoms with Crippen LogP contribution < -0.4 is 4.90 Å². The predicted molar refractivity (Wildman–Crippen MR) is 210 cm³/mol. The number of rotatable bonds is 15. The van der Waals surface area contributed by atoms with Gasteiger partial charge in [-0.05, 0) is 43.0 Å². The number of carbonyl (C=O) groups excluding carboxylic acids is 4. The molecule has 3 saturated heterocycles. The lowest BCUT2D eigenvalue weighted by molar-refractivity contribution is -0.165. The molecule has 54 heavy (non-hydrogen) atoms. The summed E-state index contributed by atoms with van der Waals surface area (Å²) in [5, 5.41) is 11.3. The number of amides is 3. The third-order valence-corrected chi connectivity index (χ3v) is 12.2. The van der Waals surface area contributed by atoms with Crippen LogP contribution in [0, 0.1) is 11.8 Å². The SMILES string of the molecule is C=CCCC(=O)N(C)[C@H](C)[C@H](OC(=O)[C@H]1[C@@H]2O[C@@]3(CC2Br)[C@@H]1C(=O)N([C@H](CO)c1ccccc1)[C@@H]3C(=O)N(CC=C)c1ccccc1Cl)c1ccccc1. The minimum absolute atomic E-state index is 0.0687. The molecule has 3 aromatic rings. The summed E-state index contributed by atoms with van der Waals surface area (Å²) in [6.45, 7) is 8.98. The summed E-state index contributed by atoms with van der Waals surface area (Å²) < 4.78 is 13.2. The number of likely N-dealkylation sites (N-methyl/N-ethyl adjacent to an activating group) is 1. The van der Waals surface area contributed by atoms with Crippen molar-refractivity contribution in [1.29, 1.82) is 0 Å². The van der Waals surface area contributed by atoms with Gasteiger partial charge in [0.25, 0.3) is 5.91 Å². The lowest BCUT2D eigenvalue weighted by Gasteiger charge is -2.39. The zero-order valence-electron chi connectivity index (χ0n) is 30.3. The highest BCUT2D eigenvalue weighted by Gasteiger charge is 2.78. The van der Waals surface area contributed by atoms with E-state index in [9.17, 15) is 14.7 Å². The second-order valence-corrected chi connectivity index (χ2v) is 15.6. The van der Waals surface area contributed by atoms with Gasteiger partial charge in [0.1, 0.15) is 17.7 Å². The van der Waals surface area contributed by atoms with E-state index in [1.54, 1.807) is 72.6 Å². The van der Waals surface area contributed by atoms with Crippen LogP contribution in [0.2, 0.25) is 5.02 Å². The van der Waals surface area contributed by atoms with Gasteiger partial charge in [0, 0.05) is 24.8 Å². The average molecular weight is 819 g/mol. The number of fused-ring (bicyclic) bond motifs is 1. The predicted octanol–water partition coefficient (Wildman–Crippen LogP) is 6.44. The van der Waals surface area contributed by atoms with Crippen molar-refractivity contribution in [2.24, 2.45) is 11.8 Å². The summed E-state index contributed by atoms with van der Waals surface area (Å²) in [4.78, 5) is 62.1. The van der Waals surface area contributed by atoms with Crippen LogP contribution in [0.1, 0.15) is 49.5 Å². The van der Waals surface area contributed by atoms with Crippen molar-refractivity contribution in [3.63, 3.8) is 0 Å². The smallest absolute Gasteiger partial charge is 0.313 e. The molecule has 3 aliphatic heterocycles. The molecular formula is C42H45BrClN3O7. The van der Waals surface area contributed by atoms with E-state index in [2.05, 4.69) is 29.1 Å². The number of allylic oxidation sites excluding steroid dienone is 1. The largest absolute Gasteiger partial charge is 0.455 e. The number of anilines is 1. The first-order valence-corrected chi connectivity index (χ1v) is 19.4. The van der Waals surface area contributed by atoms with Gasteiger partial charge in [-0.1, -0.05) is 112 Å². The molecule has 9 atom stereocenters. The Morgan fingerprint density at radius 2 is 1.67 bits per heavy atom. The zero-order valence-corrected chi connectivity index (χ0v) is 32.6. The van der Waals surface area contributed by atoms with E-state index in [4.69, 9.17) is 21.1 Å². The van der Waals surface area contributed by atoms with E-state index in [1.165, 1.54) is 9.80 Å². The molecule has 3 amide bonds. The highest BCUT2D eigenvalue weighted by Crippen LogP contribution is 2.62. The molecule has 3 aromatic carbocycles. The second kappa shape index (κ2) is 16.6. The minimum Gasteiger partial charge on any atom is -0.455 e. The third kappa shape index (κ3) is 7.03. The van der Waals surface area contributed by atoms with Gasteiger partial charge >= 0.3 is 5.97 Å². The van der Waals surface area contributed by atoms with E-state index in [-0.39, 0.29) is 25.3 Å². The second-order valence-electron chi connectivity index (χ2n) is 14.0. The first-order valence-electron chi connectivity index (χ1n) is 18.1. The summed E-state index contributed by atoms with van der Waals surface area (Å²) in [6, 6.07) is 22.3. The van der Waals surface area contributed by atoms with E-state index < -0.39 is 77.0 Å². The highest BCUT2D eigenvalue weighted by atomic mass is 79.9. The number of aliphatic hydroxyl groups is 1. The maximum Gasteiger partial charge on any atom is 0.313 e. The number of nitrogens with zero attached hydrogens (tertiary/aromatic N) is 3. The molecule has 3 fully saturated rings. The maximum atomic E-state index is 15.2. The van der Waals surface area contributed by atoms with Crippen molar-refractivity contribution >= 4 is 56.9 Å². The molecule has 1 N–H and O–H groups in total. The molecular weight excluding hydrogens is 774 g/mol. The van der Waals surface area contributed by atoms with Gasteiger partial charge in [0.05, 0.1) is 47.3 Å². The summed E-state index contributed by atoms with van der Waals surface area (Å²) >= 11 is 10.4. The Morgan fingerprint density at radius 3 is 2.28 bits per heavy atom. The number of ether oxygens (including phenoxy) is 2. The van der Waals surface area contributed by atoms with Gasteiger partial charge in [0.2, 0.25) is 11.8 Å². The lowest BCUT2D eigenvalue weighted by Crippen LogP contribution is -2.57. The van der Waals surface area contributed by atoms with Gasteiger partial charge in [0.15, 0.2) is 0 Å². The van der Waals surface area contributed by atoms with Crippen molar-refractivity contribution in [2.75, 3.05) is 25.1 Å². The van der Waals surface area contributed by atoms with Crippen molar-refractivity contribution in [1.82, 2.24) is 9.80 Å². The summed E-state index contributed by atoms with van der Waals surface area (Å²) in [6.07, 6.45) is 2.54. The summed E-state index contributed by atoms with van der Waals surface area (Å²) in [7, 11) is 1.67. The molecule has 1 spiro atoms. The first kappa shape index (κ1) is 39.4. The molecule has 10 nitrogen and oxygen atoms in total. The number of esters is 1. The monoisotopic (exact) mass is 817 g/mol. The van der Waals surface area contributed by atoms with Crippen molar-refractivity contribution in [2.45, 2.75) is 66.9 Å². The number of para-hydroxylation sites is 1. The van der Waals surface area contributed by atoms with Gasteiger partial charge in [-0.25, -0.2) is 0 Å². The maximum absolute atomic E-state index is 15.2. The molecule has 0 saturated carbocycles. The zero-order chi connectivity index (χ0) is 38.7. The fourth-order valence-corrected chi connectivity index (χ4v) is 9.54. The number of hydrogen-bond acceptors (Lipinski definition) is 7. The summed E-state index contributed by atoms with van der Waals surface area (Å²) in [5.74, 6) is -4.04. The Morgan fingerprint density at radius 1 is 1.04 bits per heavy atom. The Labute approximate surface area is 329 Å². The number of aliphatic hydroxyl groups excluding tert-OH is 1. The normalized spacial score (nSPS) is 25.7. The number of halogens is 2. The minimum atomic E-state index is -1.47. The number of likely N-dealkylation sites (tertiary alicyclic amines) is 1. The van der Waals surface area contributed by atoms with Crippen molar-refractivity contribution < 1.29 is 33.8 Å². The van der Waals surface area contributed by atoms with Crippen LogP contribution in [0.4, 0.5) is 5.69 Å². The quantitative estimate of drug-likeness (QED) is 0.107. The highest BCUT2D eigenvalue weighted by molar-refractivity contribution is 9.09. The van der Waals surface area contributed by atoms with Crippen LogP contribution in [0.25, 0.3) is 0 Å². The molecule has 0 radical (unpaired) electrons. The fraction of sp³-hybridized carbons (Fsp3) is 0.381. The Kier molecular flexibility index (Phi) is 12.1. The molecule has 3 heterocycles. The molecule has 0 aliphatic carbocycles. The van der Waals surface area contributed by atoms with Gasteiger partial charge in [-0.3, -0.25) is 19.2 Å². The van der Waals surface area contributed by atoms with Crippen LogP contribution in [-0.4, -0.2) is 87.4 Å². The van der Waals surface area contributed by atoms with Gasteiger partial charge < -0.3 is 29.3 Å². The number of hydrogen-bond donors (Lipinski definition) is 1. The Balaban J connectivity index is 1.43. The molecule has 2 bridgehead atoms. The van der Waals surface area contributed by atoms with Crippen LogP contribution in [0.5, 0.6) is 0 Å². The fourth-order valence-electron chi connectivity index (χ4n) is 8.36. The third-order valence-electron chi connectivity index (χ3n) is 11.0. The molecule has 6 rings (SSSR count). The van der Waals surface area contributed by atoms with E-state index in [0.717, 1.165) is 0 Å². The standard InChI is InChI=1S/C42H45BrClN3O7/c1-5-7-22-33(49)45(4)26(3)36(28-18-12-9-13-19-28)53-41(52)34-35-39(50)47(32(25-48)27-16-10-8-11-17-27)38(42(35)24-29(43)37(34)54-42)40(51)46(23-6-2)31-21-15-14-20-30(31)44/h5-6,8-21,26,29,32,34-38,48H,1-2,7,22-25H2,3-4H3/t26-,29?,32-,34-,35+,36+,37-,38-,42+/m1/s1. The van der Waals surface area contributed by atoms with Crippen LogP contribution >= 0.6 is 27.5 Å². The molecule has 284 valence electrons. The van der Waals surface area contributed by atoms with Crippen molar-refractivity contribution in [3.05, 3.63) is 126 Å². The Hall–Kier alpha value is -4.29. The number of carbonyl (C=O) groups is 4. The van der Waals surface area contributed by atoms with Crippen LogP contribution in [0.3, 0.4) is 0 Å². The van der Waals surface area contributed by atoms with Crippen LogP contribution in [-0.2, 0) is 28.7 Å². The van der Waals surface area contributed by atoms with E-state index in [1.807, 2.05) is 43.3 Å². The number of benzene rings is 3. The van der Waals surface area contributed by atoms with E-state index in [0.29, 0.717) is 28.3 Å². The first-order chi connectivity index (χ1) is 26.0. The molecule has 0 aromatic heterocycles. The average Bonchev–Trinajstić information content (AvgIpc) is 3.78. The molecule has 12 heteroatoms. The summed E-state index contributed by atoms with van der Waals surface area (Å²) in [5.41, 5.74) is 0.237. The lowest BCUT2D eigenvalue weighted by atomic mass is 9.70. The van der Waals surface area contributed by atoms with Gasteiger partial charge in [-0.2, -0.15) is 0 Å². The number of alkyl halides is 1. The van der Waals surface area contributed by atoms with Crippen molar-refractivity contribution in [3.8, 4) is 0 Å². The van der Waals surface area contributed by atoms with Crippen LogP contribution in [0.15, 0.2) is 110 Å². The molecule has 1 unspecified atom stereocenters. The van der Waals surface area contributed by atoms with Gasteiger partial charge in [-0.15, -0.1) is 13.2 Å².